The first-order valence-corrected chi connectivity index (χ1v) is 6.51. The molecule has 0 aliphatic heterocycles. The van der Waals surface area contributed by atoms with Gasteiger partial charge in [0.25, 0.3) is 5.91 Å². The molecule has 1 saturated carbocycles. The summed E-state index contributed by atoms with van der Waals surface area (Å²) in [5, 5.41) is 10.6. The van der Waals surface area contributed by atoms with Crippen LogP contribution in [0, 0.1) is 5.41 Å². The normalized spacial score (nSPS) is 17.9. The van der Waals surface area contributed by atoms with Crippen LogP contribution < -0.4 is 11.1 Å². The summed E-state index contributed by atoms with van der Waals surface area (Å²) in [5.41, 5.74) is 6.03. The van der Waals surface area contributed by atoms with Crippen molar-refractivity contribution in [1.29, 1.82) is 0 Å². The Morgan fingerprint density at radius 1 is 1.56 bits per heavy atom. The SMILES string of the molecule is CC1(CNC(=O)c2cn(CCN)nn2)CCCC1. The molecule has 0 saturated heterocycles. The lowest BCUT2D eigenvalue weighted by Crippen LogP contribution is -2.34. The van der Waals surface area contributed by atoms with Gasteiger partial charge in [0.15, 0.2) is 5.69 Å². The fourth-order valence-corrected chi connectivity index (χ4v) is 2.43. The molecule has 1 heterocycles. The Bertz CT molecular complexity index is 408. The van der Waals surface area contributed by atoms with Crippen LogP contribution in [0.15, 0.2) is 6.20 Å². The number of carbonyl (C=O) groups excluding carboxylic acids is 1. The third kappa shape index (κ3) is 3.07. The van der Waals surface area contributed by atoms with Crippen LogP contribution in [0.3, 0.4) is 0 Å². The maximum absolute atomic E-state index is 11.9. The number of rotatable bonds is 5. The number of hydrogen-bond donors (Lipinski definition) is 2. The van der Waals surface area contributed by atoms with Gasteiger partial charge in [-0.25, -0.2) is 0 Å². The summed E-state index contributed by atoms with van der Waals surface area (Å²) >= 11 is 0. The fraction of sp³-hybridized carbons (Fsp3) is 0.750. The lowest BCUT2D eigenvalue weighted by atomic mass is 9.89. The van der Waals surface area contributed by atoms with E-state index in [4.69, 9.17) is 5.73 Å². The first kappa shape index (κ1) is 13.0. The van der Waals surface area contributed by atoms with E-state index >= 15 is 0 Å². The van der Waals surface area contributed by atoms with Crippen molar-refractivity contribution in [3.8, 4) is 0 Å². The van der Waals surface area contributed by atoms with E-state index in [9.17, 15) is 4.79 Å². The van der Waals surface area contributed by atoms with Gasteiger partial charge in [-0.1, -0.05) is 25.0 Å². The van der Waals surface area contributed by atoms with Gasteiger partial charge in [0.1, 0.15) is 0 Å². The van der Waals surface area contributed by atoms with Crippen molar-refractivity contribution >= 4 is 5.91 Å². The van der Waals surface area contributed by atoms with Crippen molar-refractivity contribution in [3.05, 3.63) is 11.9 Å². The number of nitrogens with zero attached hydrogens (tertiary/aromatic N) is 3. The molecule has 0 bridgehead atoms. The van der Waals surface area contributed by atoms with E-state index < -0.39 is 0 Å². The zero-order chi connectivity index (χ0) is 13.0. The number of carbonyl (C=O) groups is 1. The maximum atomic E-state index is 11.9. The van der Waals surface area contributed by atoms with Gasteiger partial charge in [-0.3, -0.25) is 9.48 Å². The summed E-state index contributed by atoms with van der Waals surface area (Å²) in [5.74, 6) is -0.147. The van der Waals surface area contributed by atoms with Crippen LogP contribution in [-0.4, -0.2) is 34.0 Å². The fourth-order valence-electron chi connectivity index (χ4n) is 2.43. The van der Waals surface area contributed by atoms with Crippen LogP contribution in [0.25, 0.3) is 0 Å². The van der Waals surface area contributed by atoms with Crippen LogP contribution in [0.4, 0.5) is 0 Å². The Morgan fingerprint density at radius 2 is 2.28 bits per heavy atom. The molecule has 1 fully saturated rings. The van der Waals surface area contributed by atoms with Crippen LogP contribution in [-0.2, 0) is 6.54 Å². The molecular formula is C12H21N5O. The molecule has 1 amide bonds. The first-order valence-electron chi connectivity index (χ1n) is 6.51. The first-order chi connectivity index (χ1) is 8.63. The summed E-state index contributed by atoms with van der Waals surface area (Å²) in [6.07, 6.45) is 6.54. The minimum absolute atomic E-state index is 0.147. The molecule has 0 radical (unpaired) electrons. The lowest BCUT2D eigenvalue weighted by Gasteiger charge is -2.23. The molecule has 1 aliphatic rings. The Balaban J connectivity index is 1.87. The third-order valence-electron chi connectivity index (χ3n) is 3.62. The van der Waals surface area contributed by atoms with Gasteiger partial charge in [0, 0.05) is 13.1 Å². The lowest BCUT2D eigenvalue weighted by molar-refractivity contribution is 0.0929. The highest BCUT2D eigenvalue weighted by atomic mass is 16.2. The summed E-state index contributed by atoms with van der Waals surface area (Å²) in [6.45, 7) is 4.02. The van der Waals surface area contributed by atoms with E-state index in [1.54, 1.807) is 10.9 Å². The van der Waals surface area contributed by atoms with Crippen molar-refractivity contribution < 1.29 is 4.79 Å². The molecule has 100 valence electrons. The second-order valence-corrected chi connectivity index (χ2v) is 5.36. The summed E-state index contributed by atoms with van der Waals surface area (Å²) in [7, 11) is 0. The smallest absolute Gasteiger partial charge is 0.273 e. The zero-order valence-corrected chi connectivity index (χ0v) is 10.9. The van der Waals surface area contributed by atoms with Gasteiger partial charge >= 0.3 is 0 Å². The maximum Gasteiger partial charge on any atom is 0.273 e. The third-order valence-corrected chi connectivity index (χ3v) is 3.62. The largest absolute Gasteiger partial charge is 0.350 e. The van der Waals surface area contributed by atoms with Gasteiger partial charge in [-0.05, 0) is 18.3 Å². The minimum Gasteiger partial charge on any atom is -0.350 e. The highest BCUT2D eigenvalue weighted by molar-refractivity contribution is 5.91. The van der Waals surface area contributed by atoms with Gasteiger partial charge < -0.3 is 11.1 Å². The van der Waals surface area contributed by atoms with Gasteiger partial charge in [0.05, 0.1) is 12.7 Å². The van der Waals surface area contributed by atoms with E-state index in [-0.39, 0.29) is 11.3 Å². The van der Waals surface area contributed by atoms with E-state index in [1.165, 1.54) is 25.7 Å². The monoisotopic (exact) mass is 251 g/mol. The second-order valence-electron chi connectivity index (χ2n) is 5.36. The molecule has 18 heavy (non-hydrogen) atoms. The molecule has 1 aliphatic carbocycles. The van der Waals surface area contributed by atoms with E-state index in [0.717, 1.165) is 6.54 Å². The number of aromatic nitrogens is 3. The number of nitrogens with one attached hydrogen (secondary N) is 1. The zero-order valence-electron chi connectivity index (χ0n) is 10.9. The topological polar surface area (TPSA) is 85.8 Å². The quantitative estimate of drug-likeness (QED) is 0.800. The van der Waals surface area contributed by atoms with Crippen molar-refractivity contribution in [1.82, 2.24) is 20.3 Å². The Labute approximate surface area is 107 Å². The minimum atomic E-state index is -0.147. The molecule has 3 N–H and O–H groups in total. The second kappa shape index (κ2) is 5.48. The highest BCUT2D eigenvalue weighted by Crippen LogP contribution is 2.36. The van der Waals surface area contributed by atoms with E-state index in [2.05, 4.69) is 22.6 Å². The summed E-state index contributed by atoms with van der Waals surface area (Å²) in [6, 6.07) is 0. The highest BCUT2D eigenvalue weighted by Gasteiger charge is 2.29. The molecule has 6 nitrogen and oxygen atoms in total. The van der Waals surface area contributed by atoms with Gasteiger partial charge in [-0.2, -0.15) is 0 Å². The van der Waals surface area contributed by atoms with E-state index in [1.807, 2.05) is 0 Å². The predicted molar refractivity (Wildman–Crippen MR) is 68.0 cm³/mol. The Kier molecular flexibility index (Phi) is 3.96. The summed E-state index contributed by atoms with van der Waals surface area (Å²) in [4.78, 5) is 11.9. The van der Waals surface area contributed by atoms with Crippen LogP contribution in [0.1, 0.15) is 43.1 Å². The predicted octanol–water partition coefficient (Wildman–Crippen LogP) is 0.547. The van der Waals surface area contributed by atoms with Crippen molar-refractivity contribution in [2.75, 3.05) is 13.1 Å². The molecule has 0 atom stereocenters. The van der Waals surface area contributed by atoms with Crippen molar-refractivity contribution in [3.63, 3.8) is 0 Å². The van der Waals surface area contributed by atoms with Gasteiger partial charge in [-0.15, -0.1) is 5.10 Å². The molecule has 0 aromatic carbocycles. The standard InChI is InChI=1S/C12H21N5O/c1-12(4-2-3-5-12)9-14-11(18)10-8-17(7-6-13)16-15-10/h8H,2-7,9,13H2,1H3,(H,14,18). The number of amides is 1. The van der Waals surface area contributed by atoms with Crippen LogP contribution in [0.5, 0.6) is 0 Å². The number of nitrogens with two attached hydrogens (primary N) is 1. The van der Waals surface area contributed by atoms with E-state index in [0.29, 0.717) is 18.8 Å². The molecule has 1 aromatic heterocycles. The van der Waals surface area contributed by atoms with Crippen molar-refractivity contribution in [2.24, 2.45) is 11.1 Å². The molecule has 2 rings (SSSR count). The average Bonchev–Trinajstić information content (AvgIpc) is 2.97. The molecule has 0 unspecified atom stereocenters. The van der Waals surface area contributed by atoms with Crippen LogP contribution >= 0.6 is 0 Å². The Morgan fingerprint density at radius 3 is 2.94 bits per heavy atom. The molecule has 6 heteroatoms. The molecule has 0 spiro atoms. The number of hydrogen-bond acceptors (Lipinski definition) is 4. The van der Waals surface area contributed by atoms with Crippen LogP contribution in [0.2, 0.25) is 0 Å². The molecule has 1 aromatic rings. The Hall–Kier alpha value is -1.43. The van der Waals surface area contributed by atoms with Crippen molar-refractivity contribution in [2.45, 2.75) is 39.2 Å². The summed E-state index contributed by atoms with van der Waals surface area (Å²) < 4.78 is 1.59. The molecular weight excluding hydrogens is 230 g/mol. The van der Waals surface area contributed by atoms with Gasteiger partial charge in [0.2, 0.25) is 0 Å². The average molecular weight is 251 g/mol.